The highest BCUT2D eigenvalue weighted by atomic mass is 16.4. The van der Waals surface area contributed by atoms with Crippen molar-refractivity contribution in [1.29, 1.82) is 0 Å². The van der Waals surface area contributed by atoms with Gasteiger partial charge in [0.25, 0.3) is 0 Å². The van der Waals surface area contributed by atoms with Crippen LogP contribution in [-0.4, -0.2) is 11.1 Å². The molecule has 12 heavy (non-hydrogen) atoms. The fraction of sp³-hybridized carbons (Fsp3) is 0.500. The lowest BCUT2D eigenvalue weighted by molar-refractivity contribution is -0.131. The summed E-state index contributed by atoms with van der Waals surface area (Å²) in [6.07, 6.45) is 5.10. The van der Waals surface area contributed by atoms with Gasteiger partial charge in [0.15, 0.2) is 0 Å². The molecule has 0 aliphatic heterocycles. The molecule has 0 radical (unpaired) electrons. The summed E-state index contributed by atoms with van der Waals surface area (Å²) >= 11 is 0. The molecule has 0 aliphatic rings. The Morgan fingerprint density at radius 2 is 1.75 bits per heavy atom. The summed E-state index contributed by atoms with van der Waals surface area (Å²) in [7, 11) is 0. The van der Waals surface area contributed by atoms with Gasteiger partial charge in [-0.1, -0.05) is 17.2 Å². The number of carboxylic acids is 1. The third-order valence-electron chi connectivity index (χ3n) is 1.78. The van der Waals surface area contributed by atoms with Crippen LogP contribution in [-0.2, 0) is 4.79 Å². The van der Waals surface area contributed by atoms with E-state index < -0.39 is 5.97 Å². The van der Waals surface area contributed by atoms with Crippen LogP contribution >= 0.6 is 0 Å². The Hall–Kier alpha value is -1.05. The second-order valence-electron chi connectivity index (χ2n) is 2.96. The molecule has 0 bridgehead atoms. The SMILES string of the molecule is C/C=C(/C)CC/C(C)=C/C(=O)O. The molecule has 1 N–H and O–H groups in total. The van der Waals surface area contributed by atoms with Crippen LogP contribution in [0.1, 0.15) is 33.6 Å². The smallest absolute Gasteiger partial charge is 0.328 e. The Balaban J connectivity index is 3.87. The maximum Gasteiger partial charge on any atom is 0.328 e. The summed E-state index contributed by atoms with van der Waals surface area (Å²) in [5.41, 5.74) is 2.22. The van der Waals surface area contributed by atoms with Gasteiger partial charge >= 0.3 is 5.97 Å². The second kappa shape index (κ2) is 5.58. The molecule has 0 aromatic rings. The minimum atomic E-state index is -0.856. The van der Waals surface area contributed by atoms with Crippen molar-refractivity contribution in [1.82, 2.24) is 0 Å². The molecule has 0 fully saturated rings. The van der Waals surface area contributed by atoms with Crippen LogP contribution in [0.2, 0.25) is 0 Å². The average Bonchev–Trinajstić information content (AvgIpc) is 1.99. The summed E-state index contributed by atoms with van der Waals surface area (Å²) in [6.45, 7) is 5.89. The highest BCUT2D eigenvalue weighted by Crippen LogP contribution is 2.09. The van der Waals surface area contributed by atoms with Crippen molar-refractivity contribution in [3.05, 3.63) is 23.3 Å². The fourth-order valence-corrected chi connectivity index (χ4v) is 0.822. The minimum absolute atomic E-state index is 0.836. The molecule has 0 saturated heterocycles. The van der Waals surface area contributed by atoms with Crippen LogP contribution < -0.4 is 0 Å². The molecular formula is C10H16O2. The predicted octanol–water partition coefficient (Wildman–Crippen LogP) is 2.76. The maximum atomic E-state index is 10.2. The molecule has 68 valence electrons. The molecule has 2 heteroatoms. The zero-order chi connectivity index (χ0) is 9.56. The van der Waals surface area contributed by atoms with E-state index in [4.69, 9.17) is 5.11 Å². The number of hydrogen-bond acceptors (Lipinski definition) is 1. The molecule has 0 saturated carbocycles. The number of allylic oxidation sites excluding steroid dienone is 3. The summed E-state index contributed by atoms with van der Waals surface area (Å²) < 4.78 is 0. The first-order valence-electron chi connectivity index (χ1n) is 4.08. The van der Waals surface area contributed by atoms with Gasteiger partial charge in [-0.3, -0.25) is 0 Å². The average molecular weight is 168 g/mol. The Kier molecular flexibility index (Phi) is 5.09. The topological polar surface area (TPSA) is 37.3 Å². The Morgan fingerprint density at radius 1 is 1.25 bits per heavy atom. The van der Waals surface area contributed by atoms with Crippen molar-refractivity contribution in [2.75, 3.05) is 0 Å². The number of aliphatic carboxylic acids is 1. The number of rotatable bonds is 4. The Labute approximate surface area is 73.6 Å². The van der Waals surface area contributed by atoms with Crippen LogP contribution in [0.15, 0.2) is 23.3 Å². The van der Waals surface area contributed by atoms with E-state index in [1.54, 1.807) is 0 Å². The summed E-state index contributed by atoms with van der Waals surface area (Å²) in [5, 5.41) is 8.42. The van der Waals surface area contributed by atoms with E-state index in [1.807, 2.05) is 26.8 Å². The first kappa shape index (κ1) is 11.0. The van der Waals surface area contributed by atoms with E-state index in [0.717, 1.165) is 18.4 Å². The van der Waals surface area contributed by atoms with Crippen molar-refractivity contribution in [3.63, 3.8) is 0 Å². The van der Waals surface area contributed by atoms with E-state index in [9.17, 15) is 4.79 Å². The number of carbonyl (C=O) groups is 1. The van der Waals surface area contributed by atoms with Crippen molar-refractivity contribution in [2.45, 2.75) is 33.6 Å². The first-order chi connectivity index (χ1) is 5.56. The molecule has 2 nitrogen and oxygen atoms in total. The monoisotopic (exact) mass is 168 g/mol. The summed E-state index contributed by atoms with van der Waals surface area (Å²) in [4.78, 5) is 10.2. The molecule has 0 rings (SSSR count). The fourth-order valence-electron chi connectivity index (χ4n) is 0.822. The Morgan fingerprint density at radius 3 is 2.17 bits per heavy atom. The van der Waals surface area contributed by atoms with E-state index in [0.29, 0.717) is 0 Å². The predicted molar refractivity (Wildman–Crippen MR) is 50.1 cm³/mol. The normalized spacial score (nSPS) is 13.2. The van der Waals surface area contributed by atoms with Crippen molar-refractivity contribution < 1.29 is 9.90 Å². The van der Waals surface area contributed by atoms with E-state index in [-0.39, 0.29) is 0 Å². The van der Waals surface area contributed by atoms with Crippen molar-refractivity contribution >= 4 is 5.97 Å². The zero-order valence-corrected chi connectivity index (χ0v) is 7.92. The zero-order valence-electron chi connectivity index (χ0n) is 7.92. The standard InChI is InChI=1S/C10H16O2/c1-4-8(2)5-6-9(3)7-10(11)12/h4,7H,5-6H2,1-3H3,(H,11,12)/b8-4-,9-7+. The van der Waals surface area contributed by atoms with Crippen molar-refractivity contribution in [3.8, 4) is 0 Å². The van der Waals surface area contributed by atoms with Gasteiger partial charge in [-0.25, -0.2) is 4.79 Å². The quantitative estimate of drug-likeness (QED) is 0.517. The van der Waals surface area contributed by atoms with Gasteiger partial charge < -0.3 is 5.11 Å². The molecule has 0 aromatic heterocycles. The lowest BCUT2D eigenvalue weighted by Gasteiger charge is -1.99. The lowest BCUT2D eigenvalue weighted by Crippen LogP contribution is -1.90. The van der Waals surface area contributed by atoms with Crippen molar-refractivity contribution in [2.24, 2.45) is 0 Å². The third-order valence-corrected chi connectivity index (χ3v) is 1.78. The Bertz CT molecular complexity index is 212. The first-order valence-corrected chi connectivity index (χ1v) is 4.08. The molecule has 0 amide bonds. The largest absolute Gasteiger partial charge is 0.478 e. The van der Waals surface area contributed by atoms with Gasteiger partial charge in [0.2, 0.25) is 0 Å². The molecule has 0 aromatic carbocycles. The van der Waals surface area contributed by atoms with Crippen LogP contribution in [0, 0.1) is 0 Å². The number of hydrogen-bond donors (Lipinski definition) is 1. The van der Waals surface area contributed by atoms with Gasteiger partial charge in [-0.2, -0.15) is 0 Å². The summed E-state index contributed by atoms with van der Waals surface area (Å²) in [5.74, 6) is -0.856. The van der Waals surface area contributed by atoms with Gasteiger partial charge in [-0.15, -0.1) is 0 Å². The summed E-state index contributed by atoms with van der Waals surface area (Å²) in [6, 6.07) is 0. The van der Waals surface area contributed by atoms with Crippen LogP contribution in [0.5, 0.6) is 0 Å². The third kappa shape index (κ3) is 5.71. The van der Waals surface area contributed by atoms with Crippen LogP contribution in [0.25, 0.3) is 0 Å². The van der Waals surface area contributed by atoms with Gasteiger partial charge in [0, 0.05) is 6.08 Å². The molecule has 0 aliphatic carbocycles. The molecule has 0 heterocycles. The van der Waals surface area contributed by atoms with E-state index in [1.165, 1.54) is 11.6 Å². The van der Waals surface area contributed by atoms with Crippen LogP contribution in [0.4, 0.5) is 0 Å². The molecule has 0 spiro atoms. The minimum Gasteiger partial charge on any atom is -0.478 e. The number of carboxylic acid groups (broad SMARTS) is 1. The van der Waals surface area contributed by atoms with Gasteiger partial charge in [0.1, 0.15) is 0 Å². The van der Waals surface area contributed by atoms with Crippen LogP contribution in [0.3, 0.4) is 0 Å². The van der Waals surface area contributed by atoms with Gasteiger partial charge in [0.05, 0.1) is 0 Å². The highest BCUT2D eigenvalue weighted by Gasteiger charge is 1.94. The molecule has 0 unspecified atom stereocenters. The van der Waals surface area contributed by atoms with E-state index >= 15 is 0 Å². The van der Waals surface area contributed by atoms with Gasteiger partial charge in [-0.05, 0) is 33.6 Å². The molecule has 0 atom stereocenters. The highest BCUT2D eigenvalue weighted by molar-refractivity contribution is 5.80. The lowest BCUT2D eigenvalue weighted by atomic mass is 10.1. The maximum absolute atomic E-state index is 10.2. The molecular weight excluding hydrogens is 152 g/mol. The second-order valence-corrected chi connectivity index (χ2v) is 2.96. The van der Waals surface area contributed by atoms with E-state index in [2.05, 4.69) is 0 Å².